The Morgan fingerprint density at radius 1 is 1.13 bits per heavy atom. The molecular weight excluding hydrogens is 186 g/mol. The molecule has 0 radical (unpaired) electrons. The monoisotopic (exact) mass is 211 g/mol. The summed E-state index contributed by atoms with van der Waals surface area (Å²) in [5.74, 6) is 0.963. The number of aliphatic hydroxyl groups is 1. The van der Waals surface area contributed by atoms with E-state index in [1.165, 1.54) is 51.6 Å². The van der Waals surface area contributed by atoms with E-state index in [4.69, 9.17) is 0 Å². The van der Waals surface area contributed by atoms with Gasteiger partial charge in [-0.1, -0.05) is 19.8 Å². The van der Waals surface area contributed by atoms with Crippen molar-refractivity contribution in [3.8, 4) is 0 Å². The summed E-state index contributed by atoms with van der Waals surface area (Å²) in [6, 6.07) is 0.493. The lowest BCUT2D eigenvalue weighted by Crippen LogP contribution is -2.45. The van der Waals surface area contributed by atoms with Crippen molar-refractivity contribution >= 4 is 0 Å². The van der Waals surface area contributed by atoms with Crippen LogP contribution in [-0.2, 0) is 0 Å². The summed E-state index contributed by atoms with van der Waals surface area (Å²) in [6.07, 6.45) is 8.89. The van der Waals surface area contributed by atoms with E-state index < -0.39 is 0 Å². The molecule has 15 heavy (non-hydrogen) atoms. The number of nitrogens with zero attached hydrogens (tertiary/aromatic N) is 1. The van der Waals surface area contributed by atoms with Gasteiger partial charge in [-0.05, 0) is 51.1 Å². The number of aliphatic hydroxyl groups excluding tert-OH is 1. The predicted octanol–water partition coefficient (Wildman–Crippen LogP) is 2.41. The quantitative estimate of drug-likeness (QED) is 0.775. The highest BCUT2D eigenvalue weighted by atomic mass is 16.3. The topological polar surface area (TPSA) is 23.5 Å². The molecule has 2 atom stereocenters. The van der Waals surface area contributed by atoms with Crippen molar-refractivity contribution in [2.24, 2.45) is 5.92 Å². The van der Waals surface area contributed by atoms with Crippen LogP contribution in [0.5, 0.6) is 0 Å². The van der Waals surface area contributed by atoms with E-state index in [0.717, 1.165) is 12.3 Å². The summed E-state index contributed by atoms with van der Waals surface area (Å²) in [4.78, 5) is 2.55. The minimum atomic E-state index is -0.0345. The SMILES string of the molecule is CCCC1CCN(C2CCCC2O)CC1. The molecule has 2 rings (SSSR count). The number of likely N-dealkylation sites (tertiary alicyclic amines) is 1. The van der Waals surface area contributed by atoms with Crippen LogP contribution in [0.25, 0.3) is 0 Å². The van der Waals surface area contributed by atoms with Crippen LogP contribution in [0, 0.1) is 5.92 Å². The highest BCUT2D eigenvalue weighted by molar-refractivity contribution is 4.87. The van der Waals surface area contributed by atoms with Crippen molar-refractivity contribution in [2.45, 2.75) is 64.0 Å². The zero-order valence-corrected chi connectivity index (χ0v) is 9.99. The van der Waals surface area contributed by atoms with Crippen LogP contribution in [-0.4, -0.2) is 35.2 Å². The fourth-order valence-corrected chi connectivity index (χ4v) is 3.33. The Morgan fingerprint density at radius 3 is 2.40 bits per heavy atom. The normalized spacial score (nSPS) is 34.8. The van der Waals surface area contributed by atoms with E-state index in [0.29, 0.717) is 6.04 Å². The Morgan fingerprint density at radius 2 is 1.87 bits per heavy atom. The molecular formula is C13H25NO. The van der Waals surface area contributed by atoms with Crippen molar-refractivity contribution in [3.63, 3.8) is 0 Å². The second-order valence-corrected chi connectivity index (χ2v) is 5.33. The summed E-state index contributed by atoms with van der Waals surface area (Å²) < 4.78 is 0. The molecule has 2 heteroatoms. The lowest BCUT2D eigenvalue weighted by atomic mass is 9.91. The van der Waals surface area contributed by atoms with Crippen LogP contribution in [0.1, 0.15) is 51.9 Å². The third-order valence-corrected chi connectivity index (χ3v) is 4.26. The fourth-order valence-electron chi connectivity index (χ4n) is 3.33. The first-order valence-electron chi connectivity index (χ1n) is 6.73. The Bertz CT molecular complexity index is 187. The van der Waals surface area contributed by atoms with Gasteiger partial charge in [-0.25, -0.2) is 0 Å². The first-order chi connectivity index (χ1) is 7.31. The summed E-state index contributed by atoms with van der Waals surface area (Å²) in [7, 11) is 0. The maximum absolute atomic E-state index is 9.87. The average Bonchev–Trinajstić information content (AvgIpc) is 2.66. The van der Waals surface area contributed by atoms with Gasteiger partial charge in [0.1, 0.15) is 0 Å². The van der Waals surface area contributed by atoms with Crippen LogP contribution in [0.15, 0.2) is 0 Å². The fraction of sp³-hybridized carbons (Fsp3) is 1.00. The van der Waals surface area contributed by atoms with Gasteiger partial charge in [-0.2, -0.15) is 0 Å². The van der Waals surface area contributed by atoms with Gasteiger partial charge in [-0.15, -0.1) is 0 Å². The molecule has 1 aliphatic carbocycles. The van der Waals surface area contributed by atoms with E-state index in [-0.39, 0.29) is 6.10 Å². The third kappa shape index (κ3) is 2.73. The van der Waals surface area contributed by atoms with Crippen molar-refractivity contribution in [1.29, 1.82) is 0 Å². The Balaban J connectivity index is 1.77. The van der Waals surface area contributed by atoms with Crippen molar-refractivity contribution in [3.05, 3.63) is 0 Å². The van der Waals surface area contributed by atoms with Crippen molar-refractivity contribution < 1.29 is 5.11 Å². The second-order valence-electron chi connectivity index (χ2n) is 5.33. The standard InChI is InChI=1S/C13H25NO/c1-2-4-11-7-9-14(10-8-11)12-5-3-6-13(12)15/h11-13,15H,2-10H2,1H3. The lowest BCUT2D eigenvalue weighted by Gasteiger charge is -2.37. The molecule has 2 aliphatic rings. The van der Waals surface area contributed by atoms with E-state index in [1.54, 1.807) is 0 Å². The molecule has 0 bridgehead atoms. The zero-order chi connectivity index (χ0) is 10.7. The minimum absolute atomic E-state index is 0.0345. The molecule has 1 aliphatic heterocycles. The molecule has 1 N–H and O–H groups in total. The molecule has 2 nitrogen and oxygen atoms in total. The highest BCUT2D eigenvalue weighted by Gasteiger charge is 2.32. The van der Waals surface area contributed by atoms with E-state index in [1.807, 2.05) is 0 Å². The maximum Gasteiger partial charge on any atom is 0.0695 e. The smallest absolute Gasteiger partial charge is 0.0695 e. The van der Waals surface area contributed by atoms with Gasteiger partial charge < -0.3 is 5.11 Å². The molecule has 1 saturated heterocycles. The molecule has 0 aromatic carbocycles. The van der Waals surface area contributed by atoms with Crippen molar-refractivity contribution in [2.75, 3.05) is 13.1 Å². The van der Waals surface area contributed by atoms with Gasteiger partial charge in [0.25, 0.3) is 0 Å². The van der Waals surface area contributed by atoms with Crippen LogP contribution in [0.3, 0.4) is 0 Å². The molecule has 88 valence electrons. The highest BCUT2D eigenvalue weighted by Crippen LogP contribution is 2.29. The van der Waals surface area contributed by atoms with Gasteiger partial charge >= 0.3 is 0 Å². The first kappa shape index (κ1) is 11.4. The number of hydrogen-bond donors (Lipinski definition) is 1. The molecule has 0 amide bonds. The van der Waals surface area contributed by atoms with Gasteiger partial charge in [0.2, 0.25) is 0 Å². The third-order valence-electron chi connectivity index (χ3n) is 4.26. The van der Waals surface area contributed by atoms with Gasteiger partial charge in [0, 0.05) is 6.04 Å². The first-order valence-corrected chi connectivity index (χ1v) is 6.73. The van der Waals surface area contributed by atoms with E-state index in [9.17, 15) is 5.11 Å². The molecule has 2 unspecified atom stereocenters. The molecule has 1 saturated carbocycles. The Kier molecular flexibility index (Phi) is 4.04. The summed E-state index contributed by atoms with van der Waals surface area (Å²) >= 11 is 0. The molecule has 0 aromatic rings. The summed E-state index contributed by atoms with van der Waals surface area (Å²) in [6.45, 7) is 4.74. The van der Waals surface area contributed by atoms with Gasteiger partial charge in [0.05, 0.1) is 6.10 Å². The zero-order valence-electron chi connectivity index (χ0n) is 9.99. The van der Waals surface area contributed by atoms with Gasteiger partial charge in [-0.3, -0.25) is 4.90 Å². The molecule has 2 fully saturated rings. The number of hydrogen-bond acceptors (Lipinski definition) is 2. The van der Waals surface area contributed by atoms with Gasteiger partial charge in [0.15, 0.2) is 0 Å². The van der Waals surface area contributed by atoms with Crippen molar-refractivity contribution in [1.82, 2.24) is 4.90 Å². The minimum Gasteiger partial charge on any atom is -0.391 e. The largest absolute Gasteiger partial charge is 0.391 e. The molecule has 0 spiro atoms. The van der Waals surface area contributed by atoms with Crippen LogP contribution < -0.4 is 0 Å². The number of rotatable bonds is 3. The number of piperidine rings is 1. The summed E-state index contributed by atoms with van der Waals surface area (Å²) in [5, 5.41) is 9.87. The lowest BCUT2D eigenvalue weighted by molar-refractivity contribution is 0.0471. The van der Waals surface area contributed by atoms with E-state index >= 15 is 0 Å². The van der Waals surface area contributed by atoms with Crippen LogP contribution in [0.4, 0.5) is 0 Å². The van der Waals surface area contributed by atoms with Crippen LogP contribution >= 0.6 is 0 Å². The van der Waals surface area contributed by atoms with Crippen LogP contribution in [0.2, 0.25) is 0 Å². The second kappa shape index (κ2) is 5.31. The maximum atomic E-state index is 9.87. The average molecular weight is 211 g/mol. The van der Waals surface area contributed by atoms with E-state index in [2.05, 4.69) is 11.8 Å². The predicted molar refractivity (Wildman–Crippen MR) is 62.9 cm³/mol. The summed E-state index contributed by atoms with van der Waals surface area (Å²) in [5.41, 5.74) is 0. The Labute approximate surface area is 93.7 Å². The molecule has 1 heterocycles. The Hall–Kier alpha value is -0.0800. The molecule has 0 aromatic heterocycles.